The number of amides is 2. The average Bonchev–Trinajstić information content (AvgIpc) is 3.17. The minimum atomic E-state index is -0.967. The number of carboxylic acid groups (broad SMARTS) is 1. The number of nitrogens with zero attached hydrogens (tertiary/aromatic N) is 2. The SMILES string of the molecule is CC(C)CC(c1ccc(C(=O)NCCC(=O)O)cc1)N1C(=O)C(c2cc(Cl)cc(Cl)c2)=NC12CCC(C(C)C)CC2. The molecule has 1 heterocycles. The molecule has 220 valence electrons. The fraction of sp³-hybridized carbons (Fsp3) is 0.500. The smallest absolute Gasteiger partial charge is 0.305 e. The van der Waals surface area contributed by atoms with Gasteiger partial charge in [0.25, 0.3) is 11.8 Å². The highest BCUT2D eigenvalue weighted by Crippen LogP contribution is 2.48. The molecule has 4 rings (SSSR count). The van der Waals surface area contributed by atoms with E-state index in [2.05, 4.69) is 33.0 Å². The van der Waals surface area contributed by atoms with Crippen LogP contribution >= 0.6 is 23.2 Å². The van der Waals surface area contributed by atoms with Crippen molar-refractivity contribution in [1.29, 1.82) is 0 Å². The zero-order valence-corrected chi connectivity index (χ0v) is 25.6. The summed E-state index contributed by atoms with van der Waals surface area (Å²) in [6.07, 6.45) is 4.11. The van der Waals surface area contributed by atoms with Crippen LogP contribution in [0.2, 0.25) is 10.0 Å². The molecule has 9 heteroatoms. The van der Waals surface area contributed by atoms with E-state index in [-0.39, 0.29) is 30.8 Å². The first-order chi connectivity index (χ1) is 19.4. The maximum atomic E-state index is 14.4. The zero-order valence-electron chi connectivity index (χ0n) is 24.1. The van der Waals surface area contributed by atoms with Crippen molar-refractivity contribution in [1.82, 2.24) is 10.2 Å². The molecular weight excluding hydrogens is 561 g/mol. The first-order valence-electron chi connectivity index (χ1n) is 14.4. The number of carbonyl (C=O) groups is 3. The lowest BCUT2D eigenvalue weighted by molar-refractivity contribution is -0.137. The van der Waals surface area contributed by atoms with Gasteiger partial charge in [0.15, 0.2) is 0 Å². The van der Waals surface area contributed by atoms with Crippen LogP contribution in [0.1, 0.15) is 93.7 Å². The molecule has 1 fully saturated rings. The first kappa shape index (κ1) is 31.0. The summed E-state index contributed by atoms with van der Waals surface area (Å²) in [7, 11) is 0. The Kier molecular flexibility index (Phi) is 9.81. The Morgan fingerprint density at radius 2 is 1.66 bits per heavy atom. The number of carboxylic acids is 1. The van der Waals surface area contributed by atoms with Crippen LogP contribution in [0.4, 0.5) is 0 Å². The van der Waals surface area contributed by atoms with Gasteiger partial charge < -0.3 is 15.3 Å². The summed E-state index contributed by atoms with van der Waals surface area (Å²) in [5.41, 5.74) is 1.71. The molecule has 2 amide bonds. The van der Waals surface area contributed by atoms with Crippen molar-refractivity contribution in [3.05, 3.63) is 69.2 Å². The van der Waals surface area contributed by atoms with Crippen molar-refractivity contribution in [3.8, 4) is 0 Å². The summed E-state index contributed by atoms with van der Waals surface area (Å²) < 4.78 is 0. The van der Waals surface area contributed by atoms with Crippen LogP contribution in [0, 0.1) is 17.8 Å². The molecular formula is C32H39Cl2N3O4. The van der Waals surface area contributed by atoms with E-state index < -0.39 is 11.6 Å². The van der Waals surface area contributed by atoms with Crippen LogP contribution in [0.25, 0.3) is 0 Å². The standard InChI is InChI=1S/C32H39Cl2N3O4/c1-19(2)15-27(22-5-7-23(8-6-22)30(40)35-14-11-28(38)39)37-31(41)29(24-16-25(33)18-26(34)17-24)36-32(37)12-9-21(10-13-32)20(3)4/h5-8,16-21,27H,9-15H2,1-4H3,(H,35,40)(H,38,39). The van der Waals surface area contributed by atoms with E-state index in [1.54, 1.807) is 30.3 Å². The molecule has 1 aliphatic carbocycles. The lowest BCUT2D eigenvalue weighted by Gasteiger charge is -2.46. The van der Waals surface area contributed by atoms with Gasteiger partial charge in [-0.2, -0.15) is 0 Å². The van der Waals surface area contributed by atoms with E-state index >= 15 is 0 Å². The zero-order chi connectivity index (χ0) is 29.9. The van der Waals surface area contributed by atoms with Crippen LogP contribution in [0.15, 0.2) is 47.5 Å². The average molecular weight is 601 g/mol. The molecule has 1 unspecified atom stereocenters. The third-order valence-corrected chi connectivity index (χ3v) is 8.72. The van der Waals surface area contributed by atoms with Crippen LogP contribution in [-0.2, 0) is 9.59 Å². The van der Waals surface area contributed by atoms with Gasteiger partial charge in [-0.3, -0.25) is 19.4 Å². The van der Waals surface area contributed by atoms with E-state index in [0.717, 1.165) is 37.7 Å². The van der Waals surface area contributed by atoms with Gasteiger partial charge in [0, 0.05) is 27.7 Å². The van der Waals surface area contributed by atoms with Gasteiger partial charge >= 0.3 is 5.97 Å². The number of benzene rings is 2. The van der Waals surface area contributed by atoms with E-state index in [9.17, 15) is 14.4 Å². The Hall–Kier alpha value is -2.90. The van der Waals surface area contributed by atoms with Crippen molar-refractivity contribution in [2.45, 2.75) is 77.9 Å². The van der Waals surface area contributed by atoms with Crippen LogP contribution in [0.5, 0.6) is 0 Å². The lowest BCUT2D eigenvalue weighted by atomic mass is 9.75. The van der Waals surface area contributed by atoms with E-state index in [1.165, 1.54) is 0 Å². The second kappa shape index (κ2) is 13.0. The summed E-state index contributed by atoms with van der Waals surface area (Å²) in [4.78, 5) is 44.9. The number of rotatable bonds is 10. The van der Waals surface area contributed by atoms with Gasteiger partial charge in [-0.05, 0) is 85.8 Å². The molecule has 2 aromatic carbocycles. The van der Waals surface area contributed by atoms with Gasteiger partial charge in [0.1, 0.15) is 11.4 Å². The topological polar surface area (TPSA) is 99.1 Å². The molecule has 2 aliphatic rings. The van der Waals surface area contributed by atoms with E-state index in [1.807, 2.05) is 17.0 Å². The largest absolute Gasteiger partial charge is 0.481 e. The van der Waals surface area contributed by atoms with Gasteiger partial charge in [0.05, 0.1) is 12.5 Å². The van der Waals surface area contributed by atoms with Crippen molar-refractivity contribution < 1.29 is 19.5 Å². The van der Waals surface area contributed by atoms with Crippen molar-refractivity contribution >= 4 is 46.7 Å². The molecule has 0 aromatic heterocycles. The number of nitrogens with one attached hydrogen (secondary N) is 1. The molecule has 1 aliphatic heterocycles. The minimum absolute atomic E-state index is 0.0572. The highest BCUT2D eigenvalue weighted by molar-refractivity contribution is 6.47. The van der Waals surface area contributed by atoms with Gasteiger partial charge in [-0.1, -0.05) is 63.0 Å². The molecule has 0 bridgehead atoms. The Bertz CT molecular complexity index is 1290. The van der Waals surface area contributed by atoms with Crippen LogP contribution in [0.3, 0.4) is 0 Å². The van der Waals surface area contributed by atoms with Crippen LogP contribution in [-0.4, -0.2) is 45.7 Å². The lowest BCUT2D eigenvalue weighted by Crippen LogP contribution is -2.51. The quantitative estimate of drug-likeness (QED) is 0.302. The van der Waals surface area contributed by atoms with E-state index in [4.69, 9.17) is 33.3 Å². The number of hydrogen-bond acceptors (Lipinski definition) is 4. The number of halogens is 2. The van der Waals surface area contributed by atoms with Gasteiger partial charge in [-0.15, -0.1) is 0 Å². The number of carbonyl (C=O) groups excluding carboxylic acids is 2. The molecule has 1 spiro atoms. The fourth-order valence-electron chi connectivity index (χ4n) is 6.12. The molecule has 41 heavy (non-hydrogen) atoms. The van der Waals surface area contributed by atoms with Crippen molar-refractivity contribution in [2.24, 2.45) is 22.7 Å². The normalized spacial score (nSPS) is 21.5. The summed E-state index contributed by atoms with van der Waals surface area (Å²) in [6.45, 7) is 8.84. The number of aliphatic carboxylic acids is 1. The van der Waals surface area contributed by atoms with Gasteiger partial charge in [-0.25, -0.2) is 0 Å². The second-order valence-corrected chi connectivity index (χ2v) is 12.9. The molecule has 2 aromatic rings. The van der Waals surface area contributed by atoms with Crippen molar-refractivity contribution in [2.75, 3.05) is 6.54 Å². The third-order valence-electron chi connectivity index (χ3n) is 8.29. The Morgan fingerprint density at radius 1 is 1.05 bits per heavy atom. The molecule has 1 saturated carbocycles. The predicted octanol–water partition coefficient (Wildman–Crippen LogP) is 7.16. The minimum Gasteiger partial charge on any atom is -0.481 e. The summed E-state index contributed by atoms with van der Waals surface area (Å²) in [6, 6.07) is 12.2. The monoisotopic (exact) mass is 599 g/mol. The fourth-order valence-corrected chi connectivity index (χ4v) is 6.65. The first-order valence-corrected chi connectivity index (χ1v) is 15.2. The predicted molar refractivity (Wildman–Crippen MR) is 163 cm³/mol. The second-order valence-electron chi connectivity index (χ2n) is 12.0. The summed E-state index contributed by atoms with van der Waals surface area (Å²) in [5.74, 6) is 0.00877. The Labute approximate surface area is 252 Å². The summed E-state index contributed by atoms with van der Waals surface area (Å²) in [5, 5.41) is 12.4. The number of aliphatic imine (C=N–C) groups is 1. The number of hydrogen-bond donors (Lipinski definition) is 2. The highest BCUT2D eigenvalue weighted by atomic mass is 35.5. The summed E-state index contributed by atoms with van der Waals surface area (Å²) >= 11 is 12.7. The maximum absolute atomic E-state index is 14.4. The third kappa shape index (κ3) is 7.12. The van der Waals surface area contributed by atoms with Crippen LogP contribution < -0.4 is 5.32 Å². The molecule has 0 radical (unpaired) electrons. The maximum Gasteiger partial charge on any atom is 0.305 e. The van der Waals surface area contributed by atoms with E-state index in [0.29, 0.717) is 44.6 Å². The molecule has 2 N–H and O–H groups in total. The molecule has 0 saturated heterocycles. The van der Waals surface area contributed by atoms with Crippen molar-refractivity contribution in [3.63, 3.8) is 0 Å². The Morgan fingerprint density at radius 3 is 2.20 bits per heavy atom. The molecule has 7 nitrogen and oxygen atoms in total. The molecule has 1 atom stereocenters. The van der Waals surface area contributed by atoms with Gasteiger partial charge in [0.2, 0.25) is 0 Å². The Balaban J connectivity index is 1.71. The highest BCUT2D eigenvalue weighted by Gasteiger charge is 2.52.